The van der Waals surface area contributed by atoms with Gasteiger partial charge in [0, 0.05) is 0 Å². The molecule has 0 heterocycles. The molecule has 2 rings (SSSR count). The molecular formula is C16H15FO. The lowest BCUT2D eigenvalue weighted by Crippen LogP contribution is -1.95. The first-order chi connectivity index (χ1) is 8.75. The fraction of sp³-hybridized carbons (Fsp3) is 0.125. The van der Waals surface area contributed by atoms with Crippen molar-refractivity contribution in [3.05, 3.63) is 77.6 Å². The van der Waals surface area contributed by atoms with Crippen LogP contribution in [-0.4, -0.2) is 5.11 Å². The maximum Gasteiger partial charge on any atom is 0.123 e. The van der Waals surface area contributed by atoms with E-state index in [1.807, 2.05) is 42.5 Å². The van der Waals surface area contributed by atoms with Gasteiger partial charge in [0.2, 0.25) is 0 Å². The molecule has 0 saturated carbocycles. The van der Waals surface area contributed by atoms with Crippen LogP contribution in [0.3, 0.4) is 0 Å². The van der Waals surface area contributed by atoms with E-state index in [9.17, 15) is 9.50 Å². The van der Waals surface area contributed by atoms with Crippen molar-refractivity contribution in [1.29, 1.82) is 0 Å². The Morgan fingerprint density at radius 3 is 2.33 bits per heavy atom. The van der Waals surface area contributed by atoms with Crippen LogP contribution in [-0.2, 0) is 0 Å². The van der Waals surface area contributed by atoms with Crippen LogP contribution in [0.5, 0.6) is 0 Å². The summed E-state index contributed by atoms with van der Waals surface area (Å²) in [6.45, 7) is 0. The molecule has 2 aromatic carbocycles. The van der Waals surface area contributed by atoms with Crippen LogP contribution >= 0.6 is 0 Å². The Morgan fingerprint density at radius 1 is 1.00 bits per heavy atom. The number of benzene rings is 2. The van der Waals surface area contributed by atoms with Crippen LogP contribution in [0.15, 0.2) is 60.7 Å². The number of rotatable bonds is 4. The molecule has 0 aliphatic carbocycles. The summed E-state index contributed by atoms with van der Waals surface area (Å²) in [7, 11) is 0. The maximum atomic E-state index is 12.7. The summed E-state index contributed by atoms with van der Waals surface area (Å²) in [6.07, 6.45) is 3.81. The normalized spacial score (nSPS) is 12.8. The van der Waals surface area contributed by atoms with Crippen molar-refractivity contribution in [3.8, 4) is 0 Å². The molecule has 0 aliphatic heterocycles. The van der Waals surface area contributed by atoms with Gasteiger partial charge in [0.05, 0.1) is 6.10 Å². The molecule has 0 spiro atoms. The fourth-order valence-corrected chi connectivity index (χ4v) is 1.72. The summed E-state index contributed by atoms with van der Waals surface area (Å²) in [6, 6.07) is 15.8. The number of aliphatic hydroxyl groups excluding tert-OH is 1. The third-order valence-electron chi connectivity index (χ3n) is 2.72. The van der Waals surface area contributed by atoms with Crippen molar-refractivity contribution in [1.82, 2.24) is 0 Å². The highest BCUT2D eigenvalue weighted by atomic mass is 19.1. The molecule has 0 saturated heterocycles. The minimum absolute atomic E-state index is 0.286. The lowest BCUT2D eigenvalue weighted by molar-refractivity contribution is 0.181. The predicted octanol–water partition coefficient (Wildman–Crippen LogP) is 3.96. The van der Waals surface area contributed by atoms with Gasteiger partial charge < -0.3 is 5.11 Å². The Labute approximate surface area is 106 Å². The first kappa shape index (κ1) is 12.5. The SMILES string of the molecule is O[C@@H](C/C=C/c1ccccc1)c1ccc(F)cc1. The molecule has 0 unspecified atom stereocenters. The Hall–Kier alpha value is -1.93. The molecule has 1 nitrogen and oxygen atoms in total. The topological polar surface area (TPSA) is 20.2 Å². The van der Waals surface area contributed by atoms with Crippen molar-refractivity contribution < 1.29 is 9.50 Å². The molecule has 0 aliphatic rings. The Morgan fingerprint density at radius 2 is 1.67 bits per heavy atom. The minimum atomic E-state index is -0.592. The van der Waals surface area contributed by atoms with E-state index in [-0.39, 0.29) is 5.82 Å². The Balaban J connectivity index is 1.94. The van der Waals surface area contributed by atoms with Crippen LogP contribution in [0, 0.1) is 5.82 Å². The summed E-state index contributed by atoms with van der Waals surface area (Å²) in [5, 5.41) is 9.92. The zero-order valence-corrected chi connectivity index (χ0v) is 9.96. The summed E-state index contributed by atoms with van der Waals surface area (Å²) in [5.74, 6) is -0.286. The highest BCUT2D eigenvalue weighted by molar-refractivity contribution is 5.48. The summed E-state index contributed by atoms with van der Waals surface area (Å²) in [5.41, 5.74) is 1.83. The van der Waals surface area contributed by atoms with E-state index in [2.05, 4.69) is 0 Å². The first-order valence-electron chi connectivity index (χ1n) is 5.91. The average molecular weight is 242 g/mol. The van der Waals surface area contributed by atoms with E-state index in [0.717, 1.165) is 11.1 Å². The molecule has 18 heavy (non-hydrogen) atoms. The molecule has 2 aromatic rings. The Kier molecular flexibility index (Phi) is 4.26. The van der Waals surface area contributed by atoms with Gasteiger partial charge in [-0.3, -0.25) is 0 Å². The maximum absolute atomic E-state index is 12.7. The number of hydrogen-bond donors (Lipinski definition) is 1. The van der Waals surface area contributed by atoms with E-state index in [1.54, 1.807) is 12.1 Å². The zero-order chi connectivity index (χ0) is 12.8. The molecule has 1 N–H and O–H groups in total. The average Bonchev–Trinajstić information content (AvgIpc) is 2.40. The zero-order valence-electron chi connectivity index (χ0n) is 9.96. The minimum Gasteiger partial charge on any atom is -0.388 e. The van der Waals surface area contributed by atoms with E-state index in [0.29, 0.717) is 6.42 Å². The third kappa shape index (κ3) is 3.54. The molecule has 0 fully saturated rings. The van der Waals surface area contributed by atoms with Gasteiger partial charge in [-0.15, -0.1) is 0 Å². The smallest absolute Gasteiger partial charge is 0.123 e. The van der Waals surface area contributed by atoms with Gasteiger partial charge in [-0.1, -0.05) is 54.6 Å². The monoisotopic (exact) mass is 242 g/mol. The van der Waals surface area contributed by atoms with Crippen molar-refractivity contribution in [2.24, 2.45) is 0 Å². The van der Waals surface area contributed by atoms with Gasteiger partial charge in [0.15, 0.2) is 0 Å². The van der Waals surface area contributed by atoms with Gasteiger partial charge in [0.25, 0.3) is 0 Å². The van der Waals surface area contributed by atoms with Crippen molar-refractivity contribution in [2.75, 3.05) is 0 Å². The van der Waals surface area contributed by atoms with Crippen molar-refractivity contribution in [2.45, 2.75) is 12.5 Å². The van der Waals surface area contributed by atoms with Crippen LogP contribution in [0.2, 0.25) is 0 Å². The first-order valence-corrected chi connectivity index (χ1v) is 5.91. The molecule has 0 aromatic heterocycles. The number of aliphatic hydroxyl groups is 1. The van der Waals surface area contributed by atoms with Crippen LogP contribution < -0.4 is 0 Å². The quantitative estimate of drug-likeness (QED) is 0.860. The van der Waals surface area contributed by atoms with Gasteiger partial charge in [-0.2, -0.15) is 0 Å². The summed E-state index contributed by atoms with van der Waals surface area (Å²) in [4.78, 5) is 0. The number of halogens is 1. The van der Waals surface area contributed by atoms with E-state index < -0.39 is 6.10 Å². The third-order valence-corrected chi connectivity index (χ3v) is 2.72. The largest absolute Gasteiger partial charge is 0.388 e. The predicted molar refractivity (Wildman–Crippen MR) is 71.5 cm³/mol. The lowest BCUT2D eigenvalue weighted by Gasteiger charge is -2.07. The molecule has 1 atom stereocenters. The molecule has 0 amide bonds. The van der Waals surface area contributed by atoms with Crippen molar-refractivity contribution in [3.63, 3.8) is 0 Å². The number of hydrogen-bond acceptors (Lipinski definition) is 1. The van der Waals surface area contributed by atoms with Gasteiger partial charge in [0.1, 0.15) is 5.82 Å². The molecule has 2 heteroatoms. The lowest BCUT2D eigenvalue weighted by atomic mass is 10.1. The van der Waals surface area contributed by atoms with Gasteiger partial charge >= 0.3 is 0 Å². The second kappa shape index (κ2) is 6.12. The molecule has 0 radical (unpaired) electrons. The van der Waals surface area contributed by atoms with Crippen LogP contribution in [0.25, 0.3) is 6.08 Å². The Bertz CT molecular complexity index is 502. The molecule has 92 valence electrons. The second-order valence-corrected chi connectivity index (χ2v) is 4.12. The van der Waals surface area contributed by atoms with Crippen molar-refractivity contribution >= 4 is 6.08 Å². The van der Waals surface area contributed by atoms with Crippen LogP contribution in [0.1, 0.15) is 23.7 Å². The second-order valence-electron chi connectivity index (χ2n) is 4.12. The van der Waals surface area contributed by atoms with Gasteiger partial charge in [-0.05, 0) is 29.7 Å². The van der Waals surface area contributed by atoms with Crippen LogP contribution in [0.4, 0.5) is 4.39 Å². The van der Waals surface area contributed by atoms with E-state index >= 15 is 0 Å². The molecular weight excluding hydrogens is 227 g/mol. The highest BCUT2D eigenvalue weighted by Crippen LogP contribution is 2.18. The summed E-state index contributed by atoms with van der Waals surface area (Å²) < 4.78 is 12.7. The summed E-state index contributed by atoms with van der Waals surface area (Å²) >= 11 is 0. The van der Waals surface area contributed by atoms with E-state index in [4.69, 9.17) is 0 Å². The van der Waals surface area contributed by atoms with E-state index in [1.165, 1.54) is 12.1 Å². The highest BCUT2D eigenvalue weighted by Gasteiger charge is 2.04. The fourth-order valence-electron chi connectivity index (χ4n) is 1.72. The standard InChI is InChI=1S/C16H15FO/c17-15-11-9-14(10-12-15)16(18)8-4-7-13-5-2-1-3-6-13/h1-7,9-12,16,18H,8H2/b7-4+/t16-/m0/s1. The molecule has 0 bridgehead atoms. The van der Waals surface area contributed by atoms with Gasteiger partial charge in [-0.25, -0.2) is 4.39 Å².